The van der Waals surface area contributed by atoms with Gasteiger partial charge >= 0.3 is 0 Å². The molecule has 1 heterocycles. The van der Waals surface area contributed by atoms with E-state index in [0.29, 0.717) is 12.3 Å². The third-order valence-electron chi connectivity index (χ3n) is 3.43. The molecule has 20 heavy (non-hydrogen) atoms. The van der Waals surface area contributed by atoms with Gasteiger partial charge in [-0.15, -0.1) is 0 Å². The number of carbonyl (C=O) groups excluding carboxylic acids is 1. The van der Waals surface area contributed by atoms with Crippen LogP contribution in [-0.4, -0.2) is 46.7 Å². The summed E-state index contributed by atoms with van der Waals surface area (Å²) in [6.07, 6.45) is 1.42. The lowest BCUT2D eigenvalue weighted by Gasteiger charge is -2.25. The van der Waals surface area contributed by atoms with E-state index in [1.54, 1.807) is 18.3 Å². The van der Waals surface area contributed by atoms with Crippen molar-refractivity contribution in [2.24, 2.45) is 0 Å². The highest BCUT2D eigenvalue weighted by atomic mass is 32.2. The van der Waals surface area contributed by atoms with Crippen LogP contribution in [0.5, 0.6) is 5.75 Å². The van der Waals surface area contributed by atoms with Crippen molar-refractivity contribution in [1.29, 1.82) is 0 Å². The van der Waals surface area contributed by atoms with Crippen molar-refractivity contribution in [3.8, 4) is 5.75 Å². The number of hydrogen-bond acceptors (Lipinski definition) is 4. The largest absolute Gasteiger partial charge is 0.496 e. The van der Waals surface area contributed by atoms with Gasteiger partial charge in [0.2, 0.25) is 5.91 Å². The lowest BCUT2D eigenvalue weighted by Crippen LogP contribution is -2.34. The molecule has 1 aromatic carbocycles. The predicted octanol–water partition coefficient (Wildman–Crippen LogP) is 0.893. The molecule has 1 N–H and O–H groups in total. The van der Waals surface area contributed by atoms with Crippen molar-refractivity contribution in [2.45, 2.75) is 19.1 Å². The Morgan fingerprint density at radius 3 is 2.75 bits per heavy atom. The minimum atomic E-state index is -0.919. The highest BCUT2D eigenvalue weighted by Gasteiger charge is 2.37. The number of rotatable bonds is 5. The molecule has 0 saturated carbocycles. The fraction of sp³-hybridized carbons (Fsp3) is 0.500. The number of nitrogens with zero attached hydrogens (tertiary/aromatic N) is 1. The van der Waals surface area contributed by atoms with Gasteiger partial charge < -0.3 is 9.64 Å². The van der Waals surface area contributed by atoms with Crippen LogP contribution in [0.25, 0.3) is 0 Å². The topological polar surface area (TPSA) is 58.6 Å². The molecule has 3 atom stereocenters. The molecule has 3 unspecified atom stereocenters. The molecule has 0 bridgehead atoms. The zero-order chi connectivity index (χ0) is 14.7. The minimum Gasteiger partial charge on any atom is -0.496 e. The molecule has 1 saturated heterocycles. The lowest BCUT2D eigenvalue weighted by atomic mass is 10.1. The van der Waals surface area contributed by atoms with Crippen LogP contribution in [0.2, 0.25) is 0 Å². The quantitative estimate of drug-likeness (QED) is 0.877. The third kappa shape index (κ3) is 3.02. The zero-order valence-electron chi connectivity index (χ0n) is 12.0. The van der Waals surface area contributed by atoms with Crippen LogP contribution < -0.4 is 10.1 Å². The van der Waals surface area contributed by atoms with Gasteiger partial charge in [0, 0.05) is 34.9 Å². The molecule has 0 aliphatic carbocycles. The molecule has 1 amide bonds. The molecule has 1 aliphatic heterocycles. The molecular formula is C14H20N2O3S. The number of amides is 1. The molecule has 0 aromatic heterocycles. The van der Waals surface area contributed by atoms with E-state index in [4.69, 9.17) is 4.74 Å². The first-order chi connectivity index (χ1) is 9.54. The molecule has 0 radical (unpaired) electrons. The normalized spacial score (nSPS) is 23.9. The molecule has 0 spiro atoms. The van der Waals surface area contributed by atoms with E-state index in [9.17, 15) is 9.00 Å². The van der Waals surface area contributed by atoms with Gasteiger partial charge in [-0.05, 0) is 13.0 Å². The summed E-state index contributed by atoms with van der Waals surface area (Å²) in [5.74, 6) is 1.26. The fourth-order valence-corrected chi connectivity index (χ4v) is 2.84. The Hall–Kier alpha value is -1.40. The van der Waals surface area contributed by atoms with Crippen molar-refractivity contribution in [3.05, 3.63) is 29.8 Å². The summed E-state index contributed by atoms with van der Waals surface area (Å²) in [5, 5.41) is 3.27. The van der Waals surface area contributed by atoms with Crippen LogP contribution in [0.4, 0.5) is 0 Å². The average Bonchev–Trinajstić information content (AvgIpc) is 2.72. The smallest absolute Gasteiger partial charge is 0.241 e. The van der Waals surface area contributed by atoms with Crippen molar-refractivity contribution < 1.29 is 13.7 Å². The van der Waals surface area contributed by atoms with Crippen LogP contribution in [0.3, 0.4) is 0 Å². The van der Waals surface area contributed by atoms with E-state index < -0.39 is 10.8 Å². The van der Waals surface area contributed by atoms with Gasteiger partial charge in [-0.25, -0.2) is 0 Å². The van der Waals surface area contributed by atoms with Gasteiger partial charge in [-0.2, -0.15) is 0 Å². The van der Waals surface area contributed by atoms with Crippen LogP contribution >= 0.6 is 0 Å². The number of para-hydroxylation sites is 1. The predicted molar refractivity (Wildman–Crippen MR) is 79.0 cm³/mol. The number of hydrogen-bond donors (Lipinski definition) is 1. The van der Waals surface area contributed by atoms with Crippen LogP contribution in [0.15, 0.2) is 24.3 Å². The first-order valence-electron chi connectivity index (χ1n) is 6.54. The molecule has 1 aliphatic rings. The van der Waals surface area contributed by atoms with Gasteiger partial charge in [0.15, 0.2) is 0 Å². The summed E-state index contributed by atoms with van der Waals surface area (Å²) in [7, 11) is 0.696. The van der Waals surface area contributed by atoms with Gasteiger partial charge in [0.25, 0.3) is 0 Å². The summed E-state index contributed by atoms with van der Waals surface area (Å²) in [5.41, 5.74) is 0.926. The molecule has 110 valence electrons. The Kier molecular flexibility index (Phi) is 4.77. The number of nitrogens with one attached hydrogen (secondary N) is 1. The number of methoxy groups -OCH3 is 1. The Balaban J connectivity index is 2.27. The summed E-state index contributed by atoms with van der Waals surface area (Å²) >= 11 is 0. The SMILES string of the molecule is COc1ccccc1C1NC(C)C(=O)N1CCS(C)=O. The van der Waals surface area contributed by atoms with Crippen molar-refractivity contribution in [2.75, 3.05) is 25.7 Å². The van der Waals surface area contributed by atoms with E-state index in [0.717, 1.165) is 11.3 Å². The second kappa shape index (κ2) is 6.37. The maximum atomic E-state index is 12.2. The van der Waals surface area contributed by atoms with Crippen molar-refractivity contribution in [3.63, 3.8) is 0 Å². The van der Waals surface area contributed by atoms with Gasteiger partial charge in [-0.3, -0.25) is 14.3 Å². The van der Waals surface area contributed by atoms with E-state index in [-0.39, 0.29) is 18.1 Å². The van der Waals surface area contributed by atoms with Gasteiger partial charge in [-0.1, -0.05) is 18.2 Å². The standard InChI is InChI=1S/C14H20N2O3S/c1-10-14(17)16(8-9-20(3)18)13(15-10)11-6-4-5-7-12(11)19-2/h4-7,10,13,15H,8-9H2,1-3H3. The Morgan fingerprint density at radius 2 is 2.10 bits per heavy atom. The van der Waals surface area contributed by atoms with Crippen molar-refractivity contribution >= 4 is 16.7 Å². The van der Waals surface area contributed by atoms with Crippen LogP contribution in [-0.2, 0) is 15.6 Å². The lowest BCUT2D eigenvalue weighted by molar-refractivity contribution is -0.129. The summed E-state index contributed by atoms with van der Waals surface area (Å²) < 4.78 is 16.6. The molecule has 1 aromatic rings. The second-order valence-electron chi connectivity index (χ2n) is 4.84. The van der Waals surface area contributed by atoms with Gasteiger partial charge in [0.05, 0.1) is 13.2 Å². The maximum absolute atomic E-state index is 12.2. The summed E-state index contributed by atoms with van der Waals surface area (Å²) in [6.45, 7) is 2.32. The van der Waals surface area contributed by atoms with Gasteiger partial charge in [0.1, 0.15) is 11.9 Å². The summed E-state index contributed by atoms with van der Waals surface area (Å²) in [6, 6.07) is 7.39. The Bertz CT molecular complexity index is 521. The minimum absolute atomic E-state index is 0.0337. The van der Waals surface area contributed by atoms with Crippen LogP contribution in [0, 0.1) is 0 Å². The molecule has 2 rings (SSSR count). The average molecular weight is 296 g/mol. The summed E-state index contributed by atoms with van der Waals surface area (Å²) in [4.78, 5) is 14.0. The Labute approximate surface area is 121 Å². The highest BCUT2D eigenvalue weighted by Crippen LogP contribution is 2.31. The van der Waals surface area contributed by atoms with E-state index in [1.165, 1.54) is 0 Å². The van der Waals surface area contributed by atoms with E-state index in [1.807, 2.05) is 31.2 Å². The molecule has 1 fully saturated rings. The number of benzene rings is 1. The first-order valence-corrected chi connectivity index (χ1v) is 8.26. The fourth-order valence-electron chi connectivity index (χ4n) is 2.39. The van der Waals surface area contributed by atoms with Crippen molar-refractivity contribution in [1.82, 2.24) is 10.2 Å². The molecule has 6 heteroatoms. The number of ether oxygens (including phenoxy) is 1. The first kappa shape index (κ1) is 15.0. The zero-order valence-corrected chi connectivity index (χ0v) is 12.8. The van der Waals surface area contributed by atoms with E-state index >= 15 is 0 Å². The molecular weight excluding hydrogens is 276 g/mol. The van der Waals surface area contributed by atoms with E-state index in [2.05, 4.69) is 5.32 Å². The second-order valence-corrected chi connectivity index (χ2v) is 6.40. The van der Waals surface area contributed by atoms with Crippen LogP contribution in [0.1, 0.15) is 18.7 Å². The number of carbonyl (C=O) groups is 1. The highest BCUT2D eigenvalue weighted by molar-refractivity contribution is 7.84. The maximum Gasteiger partial charge on any atom is 0.241 e. The molecule has 5 nitrogen and oxygen atoms in total. The monoisotopic (exact) mass is 296 g/mol. The Morgan fingerprint density at radius 1 is 1.40 bits per heavy atom. The third-order valence-corrected chi connectivity index (χ3v) is 4.18.